The Kier molecular flexibility index (Phi) is 7.58. The summed E-state index contributed by atoms with van der Waals surface area (Å²) in [6.45, 7) is 17.6. The summed E-state index contributed by atoms with van der Waals surface area (Å²) < 4.78 is 0. The molecule has 1 fully saturated rings. The Labute approximate surface area is 178 Å². The van der Waals surface area contributed by atoms with Crippen molar-refractivity contribution in [1.29, 1.82) is 0 Å². The molecule has 0 aliphatic carbocycles. The minimum atomic E-state index is 0.0386. The summed E-state index contributed by atoms with van der Waals surface area (Å²) in [6.07, 6.45) is 3.51. The molecule has 2 heterocycles. The summed E-state index contributed by atoms with van der Waals surface area (Å²) in [6, 6.07) is 10.0. The molecule has 0 atom stereocenters. The summed E-state index contributed by atoms with van der Waals surface area (Å²) >= 11 is 0. The van der Waals surface area contributed by atoms with E-state index in [9.17, 15) is 0 Å². The maximum atomic E-state index is 5.00. The van der Waals surface area contributed by atoms with E-state index in [-0.39, 0.29) is 5.54 Å². The van der Waals surface area contributed by atoms with Crippen LogP contribution in [-0.2, 0) is 13.0 Å². The average molecular weight is 400 g/mol. The minimum Gasteiger partial charge on any atom is -0.357 e. The van der Waals surface area contributed by atoms with Crippen LogP contribution in [0.4, 0.5) is 0 Å². The first kappa shape index (κ1) is 22.1. The fourth-order valence-corrected chi connectivity index (χ4v) is 4.46. The van der Waals surface area contributed by atoms with Crippen LogP contribution in [0.15, 0.2) is 29.3 Å². The minimum absolute atomic E-state index is 0.0386. The van der Waals surface area contributed by atoms with Gasteiger partial charge in [-0.25, -0.2) is 0 Å². The van der Waals surface area contributed by atoms with E-state index in [0.29, 0.717) is 12.1 Å². The number of nitrogens with one attached hydrogen (secondary N) is 2. The zero-order valence-corrected chi connectivity index (χ0v) is 19.2. The molecular weight excluding hydrogens is 358 g/mol. The first-order valence-electron chi connectivity index (χ1n) is 11.5. The van der Waals surface area contributed by atoms with E-state index < -0.39 is 0 Å². The van der Waals surface area contributed by atoms with Crippen LogP contribution in [0.25, 0.3) is 0 Å². The van der Waals surface area contributed by atoms with E-state index in [0.717, 1.165) is 38.6 Å². The molecule has 29 heavy (non-hydrogen) atoms. The van der Waals surface area contributed by atoms with Gasteiger partial charge in [0.05, 0.1) is 6.54 Å². The lowest BCUT2D eigenvalue weighted by Gasteiger charge is -2.41. The third kappa shape index (κ3) is 5.95. The fraction of sp³-hybridized carbons (Fsp3) is 0.708. The lowest BCUT2D eigenvalue weighted by Crippen LogP contribution is -2.51. The van der Waals surface area contributed by atoms with Crippen LogP contribution in [0, 0.1) is 0 Å². The van der Waals surface area contributed by atoms with Crippen molar-refractivity contribution in [2.75, 3.05) is 32.7 Å². The van der Waals surface area contributed by atoms with Crippen LogP contribution >= 0.6 is 0 Å². The van der Waals surface area contributed by atoms with Gasteiger partial charge in [-0.1, -0.05) is 24.3 Å². The highest BCUT2D eigenvalue weighted by atomic mass is 15.2. The summed E-state index contributed by atoms with van der Waals surface area (Å²) in [7, 11) is 0. The molecule has 0 saturated carbocycles. The van der Waals surface area contributed by atoms with Gasteiger partial charge >= 0.3 is 0 Å². The number of piperidine rings is 1. The highest BCUT2D eigenvalue weighted by Gasteiger charge is 2.30. The molecule has 2 aliphatic rings. The van der Waals surface area contributed by atoms with Crippen LogP contribution in [0.1, 0.15) is 58.6 Å². The molecule has 0 unspecified atom stereocenters. The zero-order chi connectivity index (χ0) is 20.9. The second-order valence-corrected chi connectivity index (χ2v) is 9.50. The number of hydrogen-bond acceptors (Lipinski definition) is 3. The van der Waals surface area contributed by atoms with Gasteiger partial charge in [-0.05, 0) is 65.0 Å². The molecule has 1 saturated heterocycles. The lowest BCUT2D eigenvalue weighted by atomic mass is 9.94. The predicted octanol–water partition coefficient (Wildman–Crippen LogP) is 3.25. The van der Waals surface area contributed by atoms with Crippen molar-refractivity contribution in [3.63, 3.8) is 0 Å². The van der Waals surface area contributed by atoms with Crippen molar-refractivity contribution < 1.29 is 0 Å². The smallest absolute Gasteiger partial charge is 0.191 e. The van der Waals surface area contributed by atoms with Crippen molar-refractivity contribution in [3.8, 4) is 0 Å². The normalized spacial score (nSPS) is 20.0. The van der Waals surface area contributed by atoms with Crippen molar-refractivity contribution >= 4 is 5.96 Å². The van der Waals surface area contributed by atoms with Gasteiger partial charge in [0.2, 0.25) is 0 Å². The number of rotatable bonds is 6. The van der Waals surface area contributed by atoms with E-state index in [1.54, 1.807) is 0 Å². The first-order valence-corrected chi connectivity index (χ1v) is 11.5. The molecule has 162 valence electrons. The van der Waals surface area contributed by atoms with Gasteiger partial charge in [-0.2, -0.15) is 0 Å². The highest BCUT2D eigenvalue weighted by Crippen LogP contribution is 2.25. The molecule has 1 aromatic carbocycles. The molecule has 0 bridgehead atoms. The van der Waals surface area contributed by atoms with E-state index in [2.05, 4.69) is 79.3 Å². The van der Waals surface area contributed by atoms with Gasteiger partial charge in [0.1, 0.15) is 0 Å². The van der Waals surface area contributed by atoms with E-state index >= 15 is 0 Å². The number of likely N-dealkylation sites (tertiary alicyclic amines) is 1. The van der Waals surface area contributed by atoms with E-state index in [4.69, 9.17) is 4.99 Å². The first-order chi connectivity index (χ1) is 13.9. The van der Waals surface area contributed by atoms with Crippen molar-refractivity contribution in [2.45, 2.75) is 78.0 Å². The van der Waals surface area contributed by atoms with Gasteiger partial charge in [0.15, 0.2) is 5.96 Å². The molecule has 0 amide bonds. The van der Waals surface area contributed by atoms with Crippen LogP contribution < -0.4 is 10.6 Å². The van der Waals surface area contributed by atoms with E-state index in [1.165, 1.54) is 37.1 Å². The molecule has 2 aliphatic heterocycles. The molecule has 1 aromatic rings. The Morgan fingerprint density at radius 3 is 2.48 bits per heavy atom. The number of benzene rings is 1. The number of guanidine groups is 1. The van der Waals surface area contributed by atoms with Crippen molar-refractivity contribution in [2.24, 2.45) is 4.99 Å². The molecule has 3 rings (SSSR count). The van der Waals surface area contributed by atoms with Gasteiger partial charge in [0, 0.05) is 50.3 Å². The molecule has 5 nitrogen and oxygen atoms in total. The summed E-state index contributed by atoms with van der Waals surface area (Å²) in [4.78, 5) is 10.2. The van der Waals surface area contributed by atoms with Gasteiger partial charge < -0.3 is 15.5 Å². The Morgan fingerprint density at radius 2 is 1.83 bits per heavy atom. The predicted molar refractivity (Wildman–Crippen MR) is 123 cm³/mol. The van der Waals surface area contributed by atoms with Crippen LogP contribution in [0.2, 0.25) is 0 Å². The van der Waals surface area contributed by atoms with Crippen molar-refractivity contribution in [3.05, 3.63) is 35.4 Å². The third-order valence-electron chi connectivity index (χ3n) is 6.56. The Hall–Kier alpha value is -1.59. The van der Waals surface area contributed by atoms with E-state index in [1.807, 2.05) is 0 Å². The Bertz CT molecular complexity index is 674. The van der Waals surface area contributed by atoms with Crippen LogP contribution in [0.5, 0.6) is 0 Å². The number of nitrogens with zero attached hydrogens (tertiary/aromatic N) is 3. The monoisotopic (exact) mass is 399 g/mol. The average Bonchev–Trinajstić information content (AvgIpc) is 2.72. The van der Waals surface area contributed by atoms with Gasteiger partial charge in [0.25, 0.3) is 0 Å². The molecule has 5 heteroatoms. The molecule has 0 aromatic heterocycles. The van der Waals surface area contributed by atoms with Crippen LogP contribution in [-0.4, -0.2) is 66.1 Å². The molecule has 0 spiro atoms. The number of hydrogen-bond donors (Lipinski definition) is 2. The second kappa shape index (κ2) is 9.94. The fourth-order valence-electron chi connectivity index (χ4n) is 4.46. The maximum Gasteiger partial charge on any atom is 0.191 e. The third-order valence-corrected chi connectivity index (χ3v) is 6.56. The molecule has 0 radical (unpaired) electrons. The summed E-state index contributed by atoms with van der Waals surface area (Å²) in [5.74, 6) is 0.973. The Morgan fingerprint density at radius 1 is 1.14 bits per heavy atom. The number of aliphatic imine (C=N–C) groups is 1. The lowest BCUT2D eigenvalue weighted by molar-refractivity contribution is 0.111. The topological polar surface area (TPSA) is 42.9 Å². The quantitative estimate of drug-likeness (QED) is 0.569. The summed E-state index contributed by atoms with van der Waals surface area (Å²) in [5.41, 5.74) is 3.01. The van der Waals surface area contributed by atoms with Gasteiger partial charge in [-0.3, -0.25) is 9.89 Å². The van der Waals surface area contributed by atoms with Crippen molar-refractivity contribution in [1.82, 2.24) is 20.4 Å². The largest absolute Gasteiger partial charge is 0.357 e. The maximum absolute atomic E-state index is 5.00. The van der Waals surface area contributed by atoms with Crippen LogP contribution in [0.3, 0.4) is 0 Å². The Balaban J connectivity index is 1.57. The van der Waals surface area contributed by atoms with Gasteiger partial charge in [-0.15, -0.1) is 0 Å². The standard InChI is InChI=1S/C24H41N5/c1-6-25-23(27-22-12-14-28(15-13-22)19(2)3)26-18-24(4,5)29-16-11-20-9-7-8-10-21(20)17-29/h7-10,19,22H,6,11-18H2,1-5H3,(H2,25,26,27). The zero-order valence-electron chi connectivity index (χ0n) is 19.2. The summed E-state index contributed by atoms with van der Waals surface area (Å²) in [5, 5.41) is 7.16. The SMILES string of the molecule is CCNC(=NCC(C)(C)N1CCc2ccccc2C1)NC1CCN(C(C)C)CC1. The molecule has 2 N–H and O–H groups in total. The molecular formula is C24H41N5. The second-order valence-electron chi connectivity index (χ2n) is 9.50. The highest BCUT2D eigenvalue weighted by molar-refractivity contribution is 5.80. The number of fused-ring (bicyclic) bond motifs is 1.